The van der Waals surface area contributed by atoms with Crippen molar-refractivity contribution in [1.29, 1.82) is 5.26 Å². The van der Waals surface area contributed by atoms with E-state index in [0.29, 0.717) is 13.0 Å². The number of aryl methyl sites for hydroxylation is 3. The van der Waals surface area contributed by atoms with Gasteiger partial charge in [-0.05, 0) is 61.7 Å². The molecule has 2 aromatic carbocycles. The molecule has 1 atom stereocenters. The molecule has 0 aliphatic heterocycles. The molecule has 0 radical (unpaired) electrons. The van der Waals surface area contributed by atoms with Crippen molar-refractivity contribution in [2.24, 2.45) is 0 Å². The molecule has 0 fully saturated rings. The molecule has 0 aliphatic carbocycles. The molecule has 0 amide bonds. The lowest BCUT2D eigenvalue weighted by atomic mass is 9.88. The lowest BCUT2D eigenvalue weighted by Gasteiger charge is -2.17. The van der Waals surface area contributed by atoms with Crippen LogP contribution in [-0.2, 0) is 0 Å². The van der Waals surface area contributed by atoms with E-state index in [1.165, 1.54) is 16.7 Å². The summed E-state index contributed by atoms with van der Waals surface area (Å²) in [4.78, 5) is 0. The first kappa shape index (κ1) is 16.9. The summed E-state index contributed by atoms with van der Waals surface area (Å²) < 4.78 is 10.9. The summed E-state index contributed by atoms with van der Waals surface area (Å²) in [5, 5.41) is 9.54. The first-order valence-corrected chi connectivity index (χ1v) is 7.79. The number of nitriles is 1. The van der Waals surface area contributed by atoms with Crippen LogP contribution in [0.3, 0.4) is 0 Å². The highest BCUT2D eigenvalue weighted by atomic mass is 16.5. The van der Waals surface area contributed by atoms with E-state index in [1.807, 2.05) is 24.3 Å². The van der Waals surface area contributed by atoms with Gasteiger partial charge in [0.1, 0.15) is 11.5 Å². The molecule has 0 aromatic heterocycles. The molecule has 0 spiro atoms. The highest BCUT2D eigenvalue weighted by Crippen LogP contribution is 2.27. The van der Waals surface area contributed by atoms with Crippen LogP contribution in [0, 0.1) is 32.1 Å². The van der Waals surface area contributed by atoms with Gasteiger partial charge in [0.05, 0.1) is 25.7 Å². The van der Waals surface area contributed by atoms with E-state index in [-0.39, 0.29) is 5.92 Å². The summed E-state index contributed by atoms with van der Waals surface area (Å²) in [6, 6.07) is 14.2. The third-order valence-electron chi connectivity index (χ3n) is 3.98. The molecule has 23 heavy (non-hydrogen) atoms. The zero-order chi connectivity index (χ0) is 16.8. The summed E-state index contributed by atoms with van der Waals surface area (Å²) in [5.41, 5.74) is 4.73. The fraction of sp³-hybridized carbons (Fsp3) is 0.350. The van der Waals surface area contributed by atoms with E-state index >= 15 is 0 Å². The Morgan fingerprint density at radius 2 is 1.57 bits per heavy atom. The summed E-state index contributed by atoms with van der Waals surface area (Å²) in [6.45, 7) is 6.74. The number of methoxy groups -OCH3 is 1. The van der Waals surface area contributed by atoms with Crippen molar-refractivity contribution in [3.63, 3.8) is 0 Å². The topological polar surface area (TPSA) is 42.2 Å². The molecule has 0 saturated carbocycles. The number of ether oxygens (including phenoxy) is 2. The summed E-state index contributed by atoms with van der Waals surface area (Å²) in [5.74, 6) is 1.45. The van der Waals surface area contributed by atoms with Crippen LogP contribution in [0.1, 0.15) is 34.6 Å². The highest BCUT2D eigenvalue weighted by Gasteiger charge is 2.16. The zero-order valence-corrected chi connectivity index (χ0v) is 14.2. The Balaban J connectivity index is 2.02. The second kappa shape index (κ2) is 7.69. The quantitative estimate of drug-likeness (QED) is 0.777. The average molecular weight is 309 g/mol. The highest BCUT2D eigenvalue weighted by molar-refractivity contribution is 5.42. The van der Waals surface area contributed by atoms with E-state index < -0.39 is 0 Å². The first-order valence-electron chi connectivity index (χ1n) is 7.79. The van der Waals surface area contributed by atoms with E-state index in [9.17, 15) is 5.26 Å². The molecule has 2 aromatic rings. The van der Waals surface area contributed by atoms with Gasteiger partial charge in [-0.3, -0.25) is 0 Å². The normalized spacial score (nSPS) is 11.6. The van der Waals surface area contributed by atoms with Gasteiger partial charge in [-0.25, -0.2) is 0 Å². The number of hydrogen-bond donors (Lipinski definition) is 0. The average Bonchev–Trinajstić information content (AvgIpc) is 2.53. The van der Waals surface area contributed by atoms with Crippen molar-refractivity contribution in [1.82, 2.24) is 0 Å². The van der Waals surface area contributed by atoms with Gasteiger partial charge in [-0.1, -0.05) is 17.7 Å². The maximum absolute atomic E-state index is 9.54. The van der Waals surface area contributed by atoms with Crippen molar-refractivity contribution in [2.45, 2.75) is 33.1 Å². The molecule has 0 N–H and O–H groups in total. The summed E-state index contributed by atoms with van der Waals surface area (Å²) in [7, 11) is 1.64. The van der Waals surface area contributed by atoms with E-state index in [4.69, 9.17) is 9.47 Å². The van der Waals surface area contributed by atoms with Crippen LogP contribution in [0.2, 0.25) is 0 Å². The molecule has 120 valence electrons. The van der Waals surface area contributed by atoms with E-state index in [2.05, 4.69) is 39.0 Å². The van der Waals surface area contributed by atoms with Crippen LogP contribution in [0.25, 0.3) is 0 Å². The van der Waals surface area contributed by atoms with Crippen LogP contribution in [-0.4, -0.2) is 13.7 Å². The number of nitrogens with zero attached hydrogens (tertiary/aromatic N) is 1. The lowest BCUT2D eigenvalue weighted by molar-refractivity contribution is 0.305. The molecule has 0 saturated heterocycles. The molecule has 0 aliphatic rings. The second-order valence-corrected chi connectivity index (χ2v) is 5.81. The lowest BCUT2D eigenvalue weighted by Crippen LogP contribution is -2.08. The third-order valence-corrected chi connectivity index (χ3v) is 3.98. The van der Waals surface area contributed by atoms with Crippen molar-refractivity contribution in [3.8, 4) is 17.6 Å². The minimum absolute atomic E-state index is 0.145. The molecule has 3 nitrogen and oxygen atoms in total. The number of rotatable bonds is 6. The van der Waals surface area contributed by atoms with Crippen LogP contribution in [0.15, 0.2) is 36.4 Å². The first-order chi connectivity index (χ1) is 11.0. The van der Waals surface area contributed by atoms with E-state index in [0.717, 1.165) is 17.1 Å². The molecule has 0 heterocycles. The maximum atomic E-state index is 9.54. The SMILES string of the molecule is COc1ccc(OCCC(C#N)c2c(C)cc(C)cc2C)cc1. The predicted octanol–water partition coefficient (Wildman–Crippen LogP) is 4.70. The van der Waals surface area contributed by atoms with Crippen LogP contribution >= 0.6 is 0 Å². The van der Waals surface area contributed by atoms with Gasteiger partial charge >= 0.3 is 0 Å². The summed E-state index contributed by atoms with van der Waals surface area (Å²) >= 11 is 0. The summed E-state index contributed by atoms with van der Waals surface area (Å²) in [6.07, 6.45) is 0.674. The van der Waals surface area contributed by atoms with Crippen LogP contribution in [0.4, 0.5) is 0 Å². The fourth-order valence-corrected chi connectivity index (χ4v) is 2.98. The Morgan fingerprint density at radius 3 is 2.09 bits per heavy atom. The molecule has 0 bridgehead atoms. The van der Waals surface area contributed by atoms with Crippen LogP contribution in [0.5, 0.6) is 11.5 Å². The number of benzene rings is 2. The maximum Gasteiger partial charge on any atom is 0.119 e. The third kappa shape index (κ3) is 4.26. The van der Waals surface area contributed by atoms with Crippen molar-refractivity contribution in [3.05, 3.63) is 58.7 Å². The van der Waals surface area contributed by atoms with E-state index in [1.54, 1.807) is 7.11 Å². The van der Waals surface area contributed by atoms with Gasteiger partial charge in [0.15, 0.2) is 0 Å². The smallest absolute Gasteiger partial charge is 0.119 e. The Kier molecular flexibility index (Phi) is 5.65. The predicted molar refractivity (Wildman–Crippen MR) is 92.1 cm³/mol. The fourth-order valence-electron chi connectivity index (χ4n) is 2.98. The van der Waals surface area contributed by atoms with Crippen molar-refractivity contribution >= 4 is 0 Å². The molecular weight excluding hydrogens is 286 g/mol. The molecule has 3 heteroatoms. The second-order valence-electron chi connectivity index (χ2n) is 5.81. The molecular formula is C20H23NO2. The molecule has 2 rings (SSSR count). The van der Waals surface area contributed by atoms with Gasteiger partial charge in [0.25, 0.3) is 0 Å². The largest absolute Gasteiger partial charge is 0.497 e. The Morgan fingerprint density at radius 1 is 1.00 bits per heavy atom. The number of hydrogen-bond acceptors (Lipinski definition) is 3. The Hall–Kier alpha value is -2.47. The minimum atomic E-state index is -0.145. The van der Waals surface area contributed by atoms with Crippen molar-refractivity contribution < 1.29 is 9.47 Å². The monoisotopic (exact) mass is 309 g/mol. The van der Waals surface area contributed by atoms with Gasteiger partial charge < -0.3 is 9.47 Å². The van der Waals surface area contributed by atoms with Crippen molar-refractivity contribution in [2.75, 3.05) is 13.7 Å². The van der Waals surface area contributed by atoms with Gasteiger partial charge in [-0.15, -0.1) is 0 Å². The van der Waals surface area contributed by atoms with Gasteiger partial charge in [0.2, 0.25) is 0 Å². The van der Waals surface area contributed by atoms with Gasteiger partial charge in [-0.2, -0.15) is 5.26 Å². The van der Waals surface area contributed by atoms with Gasteiger partial charge in [0, 0.05) is 6.42 Å². The van der Waals surface area contributed by atoms with Crippen LogP contribution < -0.4 is 9.47 Å². The zero-order valence-electron chi connectivity index (χ0n) is 14.2. The Bertz CT molecular complexity index is 676. The minimum Gasteiger partial charge on any atom is -0.497 e. The Labute approximate surface area is 138 Å². The molecule has 1 unspecified atom stereocenters. The standard InChI is InChI=1S/C20H23NO2/c1-14-11-15(2)20(16(3)12-14)17(13-21)9-10-23-19-7-5-18(22-4)6-8-19/h5-8,11-12,17H,9-10H2,1-4H3.